The van der Waals surface area contributed by atoms with Crippen molar-refractivity contribution in [1.82, 2.24) is 5.32 Å². The summed E-state index contributed by atoms with van der Waals surface area (Å²) in [6.45, 7) is 1.87. The number of benzene rings is 1. The molecule has 4 saturated carbocycles. The number of rotatable bonds is 6. The second-order valence-corrected chi connectivity index (χ2v) is 10.0. The number of nitrogens with one attached hydrogen (secondary N) is 2. The molecular formula is C21H27FN2O2S. The van der Waals surface area contributed by atoms with Crippen LogP contribution in [0.15, 0.2) is 24.3 Å². The van der Waals surface area contributed by atoms with Gasteiger partial charge in [-0.3, -0.25) is 9.59 Å². The maximum Gasteiger partial charge on any atom is 0.234 e. The van der Waals surface area contributed by atoms with E-state index in [4.69, 9.17) is 0 Å². The highest BCUT2D eigenvalue weighted by Crippen LogP contribution is 2.55. The summed E-state index contributed by atoms with van der Waals surface area (Å²) in [6, 6.07) is 5.68. The fourth-order valence-corrected chi connectivity index (χ4v) is 6.32. The summed E-state index contributed by atoms with van der Waals surface area (Å²) >= 11 is 1.35. The molecule has 0 heterocycles. The molecule has 146 valence electrons. The number of halogens is 1. The van der Waals surface area contributed by atoms with Gasteiger partial charge in [-0.2, -0.15) is 0 Å². The third-order valence-corrected chi connectivity index (χ3v) is 7.53. The number of carbonyl (C=O) groups is 2. The Morgan fingerprint density at radius 1 is 1.11 bits per heavy atom. The molecule has 1 atom stereocenters. The molecule has 4 nitrogen and oxygen atoms in total. The maximum atomic E-state index is 12.9. The van der Waals surface area contributed by atoms with E-state index in [1.54, 1.807) is 0 Å². The zero-order valence-corrected chi connectivity index (χ0v) is 16.5. The van der Waals surface area contributed by atoms with Gasteiger partial charge in [0.2, 0.25) is 11.8 Å². The first-order valence-corrected chi connectivity index (χ1v) is 10.9. The Balaban J connectivity index is 1.26. The first kappa shape index (κ1) is 18.8. The van der Waals surface area contributed by atoms with Gasteiger partial charge < -0.3 is 10.6 Å². The Morgan fingerprint density at radius 2 is 1.67 bits per heavy atom. The summed E-state index contributed by atoms with van der Waals surface area (Å²) < 4.78 is 12.9. The fraction of sp³-hybridized carbons (Fsp3) is 0.619. The molecule has 1 aromatic rings. The van der Waals surface area contributed by atoms with Crippen LogP contribution in [0.1, 0.15) is 45.4 Å². The van der Waals surface area contributed by atoms with Crippen LogP contribution in [0, 0.1) is 23.6 Å². The molecule has 0 aliphatic heterocycles. The molecule has 5 rings (SSSR count). The standard InChI is InChI=1S/C21H27FN2O2S/c1-13(27-12-19(25)23-18-4-2-17(22)3-5-18)20(26)24-21-9-14-6-15(10-21)8-16(7-14)11-21/h2-5,13-16H,6-12H2,1H3,(H,23,25)(H,24,26). The fourth-order valence-electron chi connectivity index (χ4n) is 5.63. The molecule has 0 radical (unpaired) electrons. The molecule has 4 aliphatic rings. The summed E-state index contributed by atoms with van der Waals surface area (Å²) in [5.74, 6) is 2.12. The van der Waals surface area contributed by atoms with Crippen molar-refractivity contribution in [3.63, 3.8) is 0 Å². The number of anilines is 1. The Bertz CT molecular complexity index is 686. The summed E-state index contributed by atoms with van der Waals surface area (Å²) in [4.78, 5) is 24.8. The SMILES string of the molecule is CC(SCC(=O)Nc1ccc(F)cc1)C(=O)NC12CC3CC(CC(C3)C1)C2. The van der Waals surface area contributed by atoms with Gasteiger partial charge >= 0.3 is 0 Å². The van der Waals surface area contributed by atoms with Crippen LogP contribution < -0.4 is 10.6 Å². The van der Waals surface area contributed by atoms with Crippen LogP contribution in [0.4, 0.5) is 10.1 Å². The quantitative estimate of drug-likeness (QED) is 0.773. The van der Waals surface area contributed by atoms with E-state index in [0.29, 0.717) is 5.69 Å². The smallest absolute Gasteiger partial charge is 0.234 e. The molecule has 2 N–H and O–H groups in total. The zero-order chi connectivity index (χ0) is 19.0. The Hall–Kier alpha value is -1.56. The second kappa shape index (κ2) is 7.46. The zero-order valence-electron chi connectivity index (χ0n) is 15.7. The van der Waals surface area contributed by atoms with E-state index in [0.717, 1.165) is 37.0 Å². The summed E-state index contributed by atoms with van der Waals surface area (Å²) in [5.41, 5.74) is 0.574. The number of hydrogen-bond donors (Lipinski definition) is 2. The Labute approximate surface area is 164 Å². The topological polar surface area (TPSA) is 58.2 Å². The normalized spacial score (nSPS) is 32.1. The number of thioether (sulfide) groups is 1. The van der Waals surface area contributed by atoms with Crippen molar-refractivity contribution in [3.05, 3.63) is 30.1 Å². The van der Waals surface area contributed by atoms with Gasteiger partial charge in [0.25, 0.3) is 0 Å². The molecule has 0 spiro atoms. The van der Waals surface area contributed by atoms with Crippen LogP contribution in [0.3, 0.4) is 0 Å². The van der Waals surface area contributed by atoms with Gasteiger partial charge in [0.1, 0.15) is 5.82 Å². The van der Waals surface area contributed by atoms with E-state index in [-0.39, 0.29) is 34.2 Å². The molecule has 4 bridgehead atoms. The van der Waals surface area contributed by atoms with Crippen molar-refractivity contribution >= 4 is 29.3 Å². The lowest BCUT2D eigenvalue weighted by Gasteiger charge is -2.57. The van der Waals surface area contributed by atoms with Gasteiger partial charge in [0.15, 0.2) is 0 Å². The lowest BCUT2D eigenvalue weighted by Crippen LogP contribution is -2.60. The minimum absolute atomic E-state index is 0.0109. The molecule has 6 heteroatoms. The average Bonchev–Trinajstić information content (AvgIpc) is 2.60. The lowest BCUT2D eigenvalue weighted by molar-refractivity contribution is -0.126. The highest BCUT2D eigenvalue weighted by Gasteiger charge is 2.51. The number of hydrogen-bond acceptors (Lipinski definition) is 3. The minimum atomic E-state index is -0.336. The number of amides is 2. The van der Waals surface area contributed by atoms with E-state index in [1.807, 2.05) is 6.92 Å². The Kier molecular flexibility index (Phi) is 5.19. The summed E-state index contributed by atoms with van der Waals surface area (Å²) in [6.07, 6.45) is 7.45. The first-order valence-electron chi connectivity index (χ1n) is 9.90. The molecule has 1 unspecified atom stereocenters. The van der Waals surface area contributed by atoms with Crippen LogP contribution in [0.2, 0.25) is 0 Å². The number of carbonyl (C=O) groups excluding carboxylic acids is 2. The summed E-state index contributed by atoms with van der Waals surface area (Å²) in [5, 5.41) is 5.84. The largest absolute Gasteiger partial charge is 0.350 e. The van der Waals surface area contributed by atoms with Gasteiger partial charge in [0, 0.05) is 11.2 Å². The third kappa shape index (κ3) is 4.31. The minimum Gasteiger partial charge on any atom is -0.350 e. The molecule has 0 saturated heterocycles. The van der Waals surface area contributed by atoms with Gasteiger partial charge in [0.05, 0.1) is 11.0 Å². The van der Waals surface area contributed by atoms with Gasteiger partial charge in [-0.1, -0.05) is 0 Å². The molecule has 1 aromatic carbocycles. The second-order valence-electron chi connectivity index (χ2n) is 8.70. The molecule has 0 aromatic heterocycles. The average molecular weight is 391 g/mol. The van der Waals surface area contributed by atoms with Gasteiger partial charge in [-0.15, -0.1) is 11.8 Å². The third-order valence-electron chi connectivity index (χ3n) is 6.39. The molecular weight excluding hydrogens is 363 g/mol. The van der Waals surface area contributed by atoms with E-state index < -0.39 is 0 Å². The van der Waals surface area contributed by atoms with Crippen LogP contribution >= 0.6 is 11.8 Å². The van der Waals surface area contributed by atoms with Crippen molar-refractivity contribution in [2.75, 3.05) is 11.1 Å². The maximum absolute atomic E-state index is 12.9. The van der Waals surface area contributed by atoms with Crippen molar-refractivity contribution in [1.29, 1.82) is 0 Å². The monoisotopic (exact) mass is 390 g/mol. The predicted molar refractivity (Wildman–Crippen MR) is 106 cm³/mol. The van der Waals surface area contributed by atoms with Crippen molar-refractivity contribution in [3.8, 4) is 0 Å². The first-order chi connectivity index (χ1) is 12.9. The van der Waals surface area contributed by atoms with Gasteiger partial charge in [-0.25, -0.2) is 4.39 Å². The Morgan fingerprint density at radius 3 is 2.22 bits per heavy atom. The lowest BCUT2D eigenvalue weighted by atomic mass is 9.53. The highest BCUT2D eigenvalue weighted by atomic mass is 32.2. The molecule has 4 fully saturated rings. The van der Waals surface area contributed by atoms with Gasteiger partial charge in [-0.05, 0) is 87.5 Å². The van der Waals surface area contributed by atoms with Crippen molar-refractivity contribution < 1.29 is 14.0 Å². The van der Waals surface area contributed by atoms with Crippen LogP contribution in [-0.2, 0) is 9.59 Å². The molecule has 2 amide bonds. The van der Waals surface area contributed by atoms with Crippen molar-refractivity contribution in [2.24, 2.45) is 17.8 Å². The van der Waals surface area contributed by atoms with Crippen LogP contribution in [-0.4, -0.2) is 28.4 Å². The molecule has 4 aliphatic carbocycles. The van der Waals surface area contributed by atoms with E-state index in [9.17, 15) is 14.0 Å². The van der Waals surface area contributed by atoms with Crippen LogP contribution in [0.5, 0.6) is 0 Å². The van der Waals surface area contributed by atoms with E-state index >= 15 is 0 Å². The molecule has 27 heavy (non-hydrogen) atoms. The highest BCUT2D eigenvalue weighted by molar-refractivity contribution is 8.01. The van der Waals surface area contributed by atoms with E-state index in [1.165, 1.54) is 55.3 Å². The van der Waals surface area contributed by atoms with E-state index in [2.05, 4.69) is 10.6 Å². The van der Waals surface area contributed by atoms with Crippen molar-refractivity contribution in [2.45, 2.75) is 56.2 Å². The van der Waals surface area contributed by atoms with Crippen LogP contribution in [0.25, 0.3) is 0 Å². The predicted octanol–water partition coefficient (Wildman–Crippen LogP) is 3.97. The summed E-state index contributed by atoms with van der Waals surface area (Å²) in [7, 11) is 0.